The average Bonchev–Trinajstić information content (AvgIpc) is 3.25. The summed E-state index contributed by atoms with van der Waals surface area (Å²) in [6.45, 7) is 8.53. The minimum Gasteiger partial charge on any atom is -0.493 e. The van der Waals surface area contributed by atoms with Crippen LogP contribution in [-0.2, 0) is 4.79 Å². The summed E-state index contributed by atoms with van der Waals surface area (Å²) in [6.07, 6.45) is 8.91. The minimum absolute atomic E-state index is 0.0881. The number of carbonyl (C=O) groups excluding carboxylic acids is 1. The van der Waals surface area contributed by atoms with Crippen molar-refractivity contribution in [1.82, 2.24) is 9.80 Å². The molecule has 1 aromatic carbocycles. The van der Waals surface area contributed by atoms with E-state index < -0.39 is 0 Å². The van der Waals surface area contributed by atoms with Gasteiger partial charge in [0.15, 0.2) is 11.5 Å². The summed E-state index contributed by atoms with van der Waals surface area (Å²) in [4.78, 5) is 17.1. The second-order valence-electron chi connectivity index (χ2n) is 8.25. The summed E-state index contributed by atoms with van der Waals surface area (Å²) in [5.41, 5.74) is 0.937. The van der Waals surface area contributed by atoms with Crippen LogP contribution in [0.25, 0.3) is 6.08 Å². The molecule has 0 bridgehead atoms. The lowest BCUT2D eigenvalue weighted by atomic mass is 10.1. The number of ether oxygens (including phenoxy) is 2. The average molecular weight is 387 g/mol. The van der Waals surface area contributed by atoms with E-state index in [1.165, 1.54) is 25.7 Å². The predicted molar refractivity (Wildman–Crippen MR) is 113 cm³/mol. The van der Waals surface area contributed by atoms with Crippen LogP contribution in [0.15, 0.2) is 24.3 Å². The van der Waals surface area contributed by atoms with Crippen LogP contribution in [0, 0.1) is 5.92 Å². The molecule has 28 heavy (non-hydrogen) atoms. The van der Waals surface area contributed by atoms with Crippen LogP contribution in [0.3, 0.4) is 0 Å². The van der Waals surface area contributed by atoms with Crippen molar-refractivity contribution >= 4 is 12.0 Å². The van der Waals surface area contributed by atoms with Crippen LogP contribution in [-0.4, -0.2) is 61.6 Å². The number of hydrogen-bond donors (Lipinski definition) is 0. The Bertz CT molecular complexity index is 672. The second kappa shape index (κ2) is 9.97. The molecule has 0 unspecified atom stereocenters. The van der Waals surface area contributed by atoms with Crippen molar-refractivity contribution in [3.63, 3.8) is 0 Å². The number of methoxy groups -OCH3 is 1. The molecule has 1 saturated carbocycles. The summed E-state index contributed by atoms with van der Waals surface area (Å²) in [5, 5.41) is 0. The van der Waals surface area contributed by atoms with Crippen LogP contribution in [0.5, 0.6) is 11.5 Å². The van der Waals surface area contributed by atoms with E-state index in [2.05, 4.69) is 18.7 Å². The normalized spacial score (nSPS) is 18.9. The highest BCUT2D eigenvalue weighted by molar-refractivity contribution is 5.92. The van der Waals surface area contributed by atoms with Gasteiger partial charge in [-0.2, -0.15) is 0 Å². The molecule has 2 fully saturated rings. The molecule has 5 nitrogen and oxygen atoms in total. The molecule has 1 aliphatic carbocycles. The number of benzene rings is 1. The highest BCUT2D eigenvalue weighted by atomic mass is 16.5. The van der Waals surface area contributed by atoms with E-state index in [0.29, 0.717) is 18.3 Å². The van der Waals surface area contributed by atoms with Crippen LogP contribution in [0.2, 0.25) is 0 Å². The zero-order valence-corrected chi connectivity index (χ0v) is 17.5. The molecule has 0 radical (unpaired) electrons. The number of nitrogens with zero attached hydrogens (tertiary/aromatic N) is 2. The van der Waals surface area contributed by atoms with Crippen molar-refractivity contribution in [2.75, 3.05) is 39.9 Å². The first-order valence-corrected chi connectivity index (χ1v) is 10.6. The Kier molecular flexibility index (Phi) is 7.37. The predicted octanol–water partition coefficient (Wildman–Crippen LogP) is 3.83. The van der Waals surface area contributed by atoms with Crippen molar-refractivity contribution < 1.29 is 14.3 Å². The lowest BCUT2D eigenvalue weighted by Gasteiger charge is -2.37. The molecule has 1 aliphatic heterocycles. The third-order valence-corrected chi connectivity index (χ3v) is 5.65. The SMILES string of the molecule is COc1cc(/C=C/C(=O)N2CCN(C3CCCC3)CC2)ccc1OCC(C)C. The zero-order valence-electron chi connectivity index (χ0n) is 17.5. The lowest BCUT2D eigenvalue weighted by Crippen LogP contribution is -2.51. The summed E-state index contributed by atoms with van der Waals surface area (Å²) >= 11 is 0. The second-order valence-corrected chi connectivity index (χ2v) is 8.25. The Labute approximate surface area is 169 Å². The molecule has 5 heteroatoms. The molecule has 0 atom stereocenters. The maximum absolute atomic E-state index is 12.6. The molecule has 1 aromatic rings. The Balaban J connectivity index is 1.53. The Hall–Kier alpha value is -2.01. The number of amides is 1. The summed E-state index contributed by atoms with van der Waals surface area (Å²) in [5.74, 6) is 1.98. The van der Waals surface area contributed by atoms with E-state index in [0.717, 1.165) is 43.5 Å². The zero-order chi connectivity index (χ0) is 19.9. The fourth-order valence-electron chi connectivity index (χ4n) is 4.01. The van der Waals surface area contributed by atoms with E-state index in [-0.39, 0.29) is 5.91 Å². The summed E-state index contributed by atoms with van der Waals surface area (Å²) in [6, 6.07) is 6.53. The summed E-state index contributed by atoms with van der Waals surface area (Å²) in [7, 11) is 1.64. The van der Waals surface area contributed by atoms with Gasteiger partial charge in [0.2, 0.25) is 5.91 Å². The molecule has 0 aromatic heterocycles. The Morgan fingerprint density at radius 1 is 1.14 bits per heavy atom. The third-order valence-electron chi connectivity index (χ3n) is 5.65. The minimum atomic E-state index is 0.0881. The molecule has 0 spiro atoms. The molecule has 1 amide bonds. The number of hydrogen-bond acceptors (Lipinski definition) is 4. The maximum Gasteiger partial charge on any atom is 0.246 e. The van der Waals surface area contributed by atoms with Gasteiger partial charge in [-0.05, 0) is 42.5 Å². The summed E-state index contributed by atoms with van der Waals surface area (Å²) < 4.78 is 11.2. The topological polar surface area (TPSA) is 42.0 Å². The van der Waals surface area contributed by atoms with Gasteiger partial charge in [-0.15, -0.1) is 0 Å². The van der Waals surface area contributed by atoms with E-state index in [9.17, 15) is 4.79 Å². The maximum atomic E-state index is 12.6. The molecular formula is C23H34N2O3. The molecule has 3 rings (SSSR count). The fourth-order valence-corrected chi connectivity index (χ4v) is 4.01. The van der Waals surface area contributed by atoms with Gasteiger partial charge in [-0.1, -0.05) is 32.8 Å². The first-order valence-electron chi connectivity index (χ1n) is 10.6. The van der Waals surface area contributed by atoms with Crippen LogP contribution in [0.4, 0.5) is 0 Å². The van der Waals surface area contributed by atoms with Gasteiger partial charge in [-0.3, -0.25) is 9.69 Å². The van der Waals surface area contributed by atoms with Gasteiger partial charge in [0.25, 0.3) is 0 Å². The van der Waals surface area contributed by atoms with Gasteiger partial charge in [-0.25, -0.2) is 0 Å². The van der Waals surface area contributed by atoms with Crippen LogP contribution >= 0.6 is 0 Å². The van der Waals surface area contributed by atoms with Gasteiger partial charge >= 0.3 is 0 Å². The molecular weight excluding hydrogens is 352 g/mol. The van der Waals surface area contributed by atoms with Crippen LogP contribution < -0.4 is 9.47 Å². The van der Waals surface area contributed by atoms with Gasteiger partial charge in [0.1, 0.15) is 0 Å². The molecule has 1 heterocycles. The molecule has 0 N–H and O–H groups in total. The molecule has 154 valence electrons. The van der Waals surface area contributed by atoms with E-state index >= 15 is 0 Å². The highest BCUT2D eigenvalue weighted by Crippen LogP contribution is 2.29. The van der Waals surface area contributed by atoms with E-state index in [1.54, 1.807) is 13.2 Å². The highest BCUT2D eigenvalue weighted by Gasteiger charge is 2.27. The van der Waals surface area contributed by atoms with Crippen molar-refractivity contribution in [1.29, 1.82) is 0 Å². The van der Waals surface area contributed by atoms with Crippen molar-refractivity contribution in [3.05, 3.63) is 29.8 Å². The monoisotopic (exact) mass is 386 g/mol. The third kappa shape index (κ3) is 5.51. The molecule has 1 saturated heterocycles. The van der Waals surface area contributed by atoms with Gasteiger partial charge in [0, 0.05) is 38.3 Å². The van der Waals surface area contributed by atoms with Crippen LogP contribution in [0.1, 0.15) is 45.1 Å². The number of carbonyl (C=O) groups is 1. The first-order chi connectivity index (χ1) is 13.6. The quantitative estimate of drug-likeness (QED) is 0.668. The fraction of sp³-hybridized carbons (Fsp3) is 0.609. The van der Waals surface area contributed by atoms with E-state index in [1.807, 2.05) is 29.2 Å². The van der Waals surface area contributed by atoms with Gasteiger partial charge in [0.05, 0.1) is 13.7 Å². The van der Waals surface area contributed by atoms with Crippen molar-refractivity contribution in [3.8, 4) is 11.5 Å². The number of piperazine rings is 1. The standard InChI is InChI=1S/C23H34N2O3/c1-18(2)17-28-21-10-8-19(16-22(21)27-3)9-11-23(26)25-14-12-24(13-15-25)20-6-4-5-7-20/h8-11,16,18,20H,4-7,12-15,17H2,1-3H3/b11-9+. The Morgan fingerprint density at radius 3 is 2.50 bits per heavy atom. The van der Waals surface area contributed by atoms with Gasteiger partial charge < -0.3 is 14.4 Å². The largest absolute Gasteiger partial charge is 0.493 e. The van der Waals surface area contributed by atoms with Crippen molar-refractivity contribution in [2.24, 2.45) is 5.92 Å². The van der Waals surface area contributed by atoms with Crippen molar-refractivity contribution in [2.45, 2.75) is 45.6 Å². The first kappa shape index (κ1) is 20.7. The smallest absolute Gasteiger partial charge is 0.246 e. The van der Waals surface area contributed by atoms with E-state index in [4.69, 9.17) is 9.47 Å². The lowest BCUT2D eigenvalue weighted by molar-refractivity contribution is -0.127. The number of rotatable bonds is 7. The Morgan fingerprint density at radius 2 is 1.86 bits per heavy atom. The molecule has 2 aliphatic rings.